The van der Waals surface area contributed by atoms with Crippen molar-refractivity contribution in [2.45, 2.75) is 50.2 Å². The maximum Gasteiger partial charge on any atom is 0.410 e. The fraction of sp³-hybridized carbons (Fsp3) is 0.375. The molecule has 0 bridgehead atoms. The van der Waals surface area contributed by atoms with Crippen LogP contribution < -0.4 is 5.32 Å². The largest absolute Gasteiger partial charge is 0.444 e. The zero-order valence-electron chi connectivity index (χ0n) is 19.4. The van der Waals surface area contributed by atoms with E-state index in [0.717, 1.165) is 3.97 Å². The maximum absolute atomic E-state index is 13.2. The lowest BCUT2D eigenvalue weighted by Gasteiger charge is -2.34. The number of ether oxygens (including phenoxy) is 1. The van der Waals surface area contributed by atoms with Crippen LogP contribution in [0, 0.1) is 11.3 Å². The Morgan fingerprint density at radius 3 is 2.47 bits per heavy atom. The topological polar surface area (TPSA) is 117 Å². The first kappa shape index (κ1) is 23.6. The predicted octanol–water partition coefficient (Wildman–Crippen LogP) is 3.96. The van der Waals surface area contributed by atoms with Gasteiger partial charge in [-0.2, -0.15) is 5.26 Å². The molecule has 34 heavy (non-hydrogen) atoms. The van der Waals surface area contributed by atoms with Gasteiger partial charge in [0, 0.05) is 36.9 Å². The predicted molar refractivity (Wildman–Crippen MR) is 128 cm³/mol. The summed E-state index contributed by atoms with van der Waals surface area (Å²) in [5, 5.41) is 13.6. The minimum Gasteiger partial charge on any atom is -0.444 e. The Balaban J connectivity index is 1.58. The number of carbonyl (C=O) groups is 1. The van der Waals surface area contributed by atoms with Gasteiger partial charge in [-0.3, -0.25) is 0 Å². The van der Waals surface area contributed by atoms with E-state index in [-0.39, 0.29) is 22.7 Å². The third kappa shape index (κ3) is 4.70. The van der Waals surface area contributed by atoms with Crippen LogP contribution in [-0.4, -0.2) is 53.1 Å². The molecule has 2 aromatic heterocycles. The molecule has 0 atom stereocenters. The molecule has 0 spiro atoms. The van der Waals surface area contributed by atoms with Gasteiger partial charge in [0.25, 0.3) is 10.0 Å². The second kappa shape index (κ2) is 8.99. The molecule has 9 nitrogen and oxygen atoms in total. The number of hydrogen-bond donors (Lipinski definition) is 1. The summed E-state index contributed by atoms with van der Waals surface area (Å²) in [4.78, 5) is 18.5. The second-order valence-corrected chi connectivity index (χ2v) is 11.0. The molecular weight excluding hydrogens is 454 g/mol. The van der Waals surface area contributed by atoms with E-state index in [2.05, 4.69) is 16.4 Å². The Hall–Kier alpha value is -3.58. The van der Waals surface area contributed by atoms with E-state index >= 15 is 0 Å². The number of carbonyl (C=O) groups excluding carboxylic acids is 1. The van der Waals surface area contributed by atoms with E-state index in [9.17, 15) is 18.5 Å². The molecule has 0 saturated carbocycles. The molecule has 1 amide bonds. The molecule has 178 valence electrons. The van der Waals surface area contributed by atoms with Crippen LogP contribution in [0.3, 0.4) is 0 Å². The fourth-order valence-corrected chi connectivity index (χ4v) is 5.26. The van der Waals surface area contributed by atoms with Crippen molar-refractivity contribution in [3.8, 4) is 6.07 Å². The van der Waals surface area contributed by atoms with Gasteiger partial charge in [-0.25, -0.2) is 22.2 Å². The third-order valence-corrected chi connectivity index (χ3v) is 7.28. The first-order valence-corrected chi connectivity index (χ1v) is 12.5. The van der Waals surface area contributed by atoms with Crippen LogP contribution in [0.1, 0.15) is 39.2 Å². The molecule has 0 radical (unpaired) electrons. The van der Waals surface area contributed by atoms with Crippen LogP contribution in [0.15, 0.2) is 53.7 Å². The Labute approximate surface area is 199 Å². The summed E-state index contributed by atoms with van der Waals surface area (Å²) >= 11 is 0. The van der Waals surface area contributed by atoms with E-state index in [1.165, 1.54) is 24.5 Å². The number of benzene rings is 1. The van der Waals surface area contributed by atoms with Gasteiger partial charge in [0.2, 0.25) is 0 Å². The number of fused-ring (bicyclic) bond motifs is 1. The van der Waals surface area contributed by atoms with Crippen molar-refractivity contribution in [3.63, 3.8) is 0 Å². The molecule has 1 N–H and O–H groups in total. The number of nitrogens with one attached hydrogen (secondary N) is 1. The monoisotopic (exact) mass is 481 g/mol. The highest BCUT2D eigenvalue weighted by molar-refractivity contribution is 7.90. The van der Waals surface area contributed by atoms with E-state index in [0.29, 0.717) is 42.6 Å². The minimum atomic E-state index is -3.84. The molecule has 10 heteroatoms. The second-order valence-electron chi connectivity index (χ2n) is 9.21. The van der Waals surface area contributed by atoms with Gasteiger partial charge >= 0.3 is 6.09 Å². The molecule has 1 fully saturated rings. The van der Waals surface area contributed by atoms with Crippen molar-refractivity contribution in [1.82, 2.24) is 13.9 Å². The first-order valence-electron chi connectivity index (χ1n) is 11.1. The molecule has 1 saturated heterocycles. The molecule has 0 aliphatic carbocycles. The summed E-state index contributed by atoms with van der Waals surface area (Å²) < 4.78 is 32.9. The van der Waals surface area contributed by atoms with Crippen molar-refractivity contribution in [2.75, 3.05) is 18.4 Å². The van der Waals surface area contributed by atoms with Crippen LogP contribution >= 0.6 is 0 Å². The lowest BCUT2D eigenvalue weighted by molar-refractivity contribution is 0.0210. The Kier molecular flexibility index (Phi) is 6.23. The van der Waals surface area contributed by atoms with Crippen LogP contribution in [0.2, 0.25) is 0 Å². The summed E-state index contributed by atoms with van der Waals surface area (Å²) in [6, 6.07) is 11.9. The van der Waals surface area contributed by atoms with Crippen molar-refractivity contribution in [3.05, 3.63) is 54.4 Å². The number of nitrogens with zero attached hydrogens (tertiary/aromatic N) is 4. The average Bonchev–Trinajstić information content (AvgIpc) is 3.25. The number of nitriles is 1. The minimum absolute atomic E-state index is 0.00506. The normalized spacial score (nSPS) is 15.2. The highest BCUT2D eigenvalue weighted by Gasteiger charge is 2.28. The SMILES string of the molecule is CC(C)(C)OC(=O)N1CCC(Nc2c(C#N)cnc3c2ccn3S(=O)(=O)c2ccccc2)CC1. The van der Waals surface area contributed by atoms with Gasteiger partial charge in [0.1, 0.15) is 11.7 Å². The van der Waals surface area contributed by atoms with Crippen LogP contribution in [0.5, 0.6) is 0 Å². The highest BCUT2D eigenvalue weighted by Crippen LogP contribution is 2.31. The summed E-state index contributed by atoms with van der Waals surface area (Å²) in [5.74, 6) is 0. The fourth-order valence-electron chi connectivity index (χ4n) is 3.94. The number of rotatable bonds is 4. The summed E-state index contributed by atoms with van der Waals surface area (Å²) in [7, 11) is -3.84. The zero-order valence-corrected chi connectivity index (χ0v) is 20.2. The quantitative estimate of drug-likeness (QED) is 0.599. The van der Waals surface area contributed by atoms with Crippen molar-refractivity contribution in [2.24, 2.45) is 0 Å². The van der Waals surface area contributed by atoms with Crippen molar-refractivity contribution >= 4 is 32.8 Å². The lowest BCUT2D eigenvalue weighted by Crippen LogP contribution is -2.44. The summed E-state index contributed by atoms with van der Waals surface area (Å²) in [5.41, 5.74) is 0.572. The number of anilines is 1. The van der Waals surface area contributed by atoms with Gasteiger partial charge in [0.15, 0.2) is 5.65 Å². The van der Waals surface area contributed by atoms with Gasteiger partial charge < -0.3 is 15.0 Å². The van der Waals surface area contributed by atoms with Gasteiger partial charge in [-0.1, -0.05) is 18.2 Å². The van der Waals surface area contributed by atoms with Crippen molar-refractivity contribution < 1.29 is 17.9 Å². The molecule has 1 aromatic carbocycles. The number of amides is 1. The molecule has 3 aromatic rings. The van der Waals surface area contributed by atoms with Crippen LogP contribution in [-0.2, 0) is 14.8 Å². The smallest absolute Gasteiger partial charge is 0.410 e. The Morgan fingerprint density at radius 2 is 1.85 bits per heavy atom. The standard InChI is InChI=1S/C24H27N5O4S/c1-24(2,3)33-23(30)28-12-9-18(10-13-28)27-21-17(15-25)16-26-22-20(21)11-14-29(22)34(31,32)19-7-5-4-6-8-19/h4-8,11,14,16,18H,9-10,12-13H2,1-3H3,(H,26,27). The van der Waals surface area contributed by atoms with E-state index in [4.69, 9.17) is 4.74 Å². The first-order chi connectivity index (χ1) is 16.1. The zero-order chi connectivity index (χ0) is 24.5. The summed E-state index contributed by atoms with van der Waals surface area (Å²) in [6.45, 7) is 6.54. The summed E-state index contributed by atoms with van der Waals surface area (Å²) in [6.07, 6.45) is 3.83. The van der Waals surface area contributed by atoms with Gasteiger partial charge in [-0.15, -0.1) is 0 Å². The lowest BCUT2D eigenvalue weighted by atomic mass is 10.0. The third-order valence-electron chi connectivity index (χ3n) is 5.60. The van der Waals surface area contributed by atoms with Crippen molar-refractivity contribution in [1.29, 1.82) is 5.26 Å². The average molecular weight is 482 g/mol. The van der Waals surface area contributed by atoms with E-state index < -0.39 is 15.6 Å². The Morgan fingerprint density at radius 1 is 1.18 bits per heavy atom. The number of aromatic nitrogens is 2. The number of hydrogen-bond acceptors (Lipinski definition) is 7. The van der Waals surface area contributed by atoms with Crippen LogP contribution in [0.4, 0.5) is 10.5 Å². The number of likely N-dealkylation sites (tertiary alicyclic amines) is 1. The van der Waals surface area contributed by atoms with Gasteiger partial charge in [-0.05, 0) is 51.8 Å². The van der Waals surface area contributed by atoms with E-state index in [1.54, 1.807) is 29.2 Å². The molecule has 4 rings (SSSR count). The molecule has 1 aliphatic heterocycles. The highest BCUT2D eigenvalue weighted by atomic mass is 32.2. The van der Waals surface area contributed by atoms with Gasteiger partial charge in [0.05, 0.1) is 16.1 Å². The Bertz CT molecular complexity index is 1350. The number of piperidine rings is 1. The maximum atomic E-state index is 13.2. The van der Waals surface area contributed by atoms with Crippen LogP contribution in [0.25, 0.3) is 11.0 Å². The van der Waals surface area contributed by atoms with E-state index in [1.807, 2.05) is 20.8 Å². The molecule has 0 unspecified atom stereocenters. The molecule has 1 aliphatic rings. The number of pyridine rings is 1. The molecular formula is C24H27N5O4S. The molecule has 3 heterocycles.